The normalized spacial score (nSPS) is 22.9. The van der Waals surface area contributed by atoms with Gasteiger partial charge in [0.05, 0.1) is 0 Å². The second kappa shape index (κ2) is 6.84. The molecule has 20 heavy (non-hydrogen) atoms. The Morgan fingerprint density at radius 2 is 2.30 bits per heavy atom. The monoisotopic (exact) mass is 275 g/mol. The van der Waals surface area contributed by atoms with Gasteiger partial charge in [0, 0.05) is 24.8 Å². The molecule has 4 heteroatoms. The number of likely N-dealkylation sites (tertiary alicyclic amines) is 1. The molecule has 2 heterocycles. The first kappa shape index (κ1) is 15.0. The van der Waals surface area contributed by atoms with Crippen LogP contribution in [0.4, 0.5) is 0 Å². The molecule has 1 saturated heterocycles. The van der Waals surface area contributed by atoms with Crippen molar-refractivity contribution in [1.82, 2.24) is 15.2 Å². The topological polar surface area (TPSA) is 45.2 Å². The molecule has 2 unspecified atom stereocenters. The van der Waals surface area contributed by atoms with Crippen LogP contribution in [0.5, 0.6) is 0 Å². The van der Waals surface area contributed by atoms with Gasteiger partial charge in [0.2, 0.25) is 0 Å². The molecule has 0 radical (unpaired) electrons. The van der Waals surface area contributed by atoms with E-state index in [9.17, 15) is 4.79 Å². The van der Waals surface area contributed by atoms with Gasteiger partial charge >= 0.3 is 0 Å². The smallest absolute Gasteiger partial charge is 0.272 e. The van der Waals surface area contributed by atoms with E-state index >= 15 is 0 Å². The van der Waals surface area contributed by atoms with E-state index < -0.39 is 0 Å². The summed E-state index contributed by atoms with van der Waals surface area (Å²) < 4.78 is 0. The second-order valence-electron chi connectivity index (χ2n) is 5.74. The minimum absolute atomic E-state index is 0.0643. The minimum atomic E-state index is 0.0643. The molecule has 1 aliphatic rings. The minimum Gasteiger partial charge on any atom is -0.337 e. The molecule has 1 fully saturated rings. The molecule has 0 saturated carbocycles. The lowest BCUT2D eigenvalue weighted by Gasteiger charge is -2.37. The fourth-order valence-electron chi connectivity index (χ4n) is 2.79. The van der Waals surface area contributed by atoms with Gasteiger partial charge in [0.15, 0.2) is 0 Å². The van der Waals surface area contributed by atoms with Gasteiger partial charge in [-0.25, -0.2) is 4.98 Å². The van der Waals surface area contributed by atoms with E-state index in [0.29, 0.717) is 17.7 Å². The number of aryl methyl sites for hydroxylation is 1. The zero-order valence-corrected chi connectivity index (χ0v) is 12.7. The van der Waals surface area contributed by atoms with E-state index in [0.717, 1.165) is 38.2 Å². The Labute approximate surface area is 121 Å². The zero-order chi connectivity index (χ0) is 14.5. The molecule has 0 aromatic carbocycles. The van der Waals surface area contributed by atoms with Gasteiger partial charge in [-0.15, -0.1) is 0 Å². The van der Waals surface area contributed by atoms with Gasteiger partial charge in [0.1, 0.15) is 5.69 Å². The summed E-state index contributed by atoms with van der Waals surface area (Å²) in [6.45, 7) is 9.01. The molecule has 1 aliphatic heterocycles. The van der Waals surface area contributed by atoms with Crippen molar-refractivity contribution >= 4 is 5.91 Å². The summed E-state index contributed by atoms with van der Waals surface area (Å²) in [5.41, 5.74) is 1.46. The lowest BCUT2D eigenvalue weighted by molar-refractivity contribution is 0.0639. The summed E-state index contributed by atoms with van der Waals surface area (Å²) in [5, 5.41) is 3.58. The molecule has 110 valence electrons. The Hall–Kier alpha value is -1.42. The van der Waals surface area contributed by atoms with Crippen molar-refractivity contribution in [3.8, 4) is 0 Å². The van der Waals surface area contributed by atoms with Crippen LogP contribution in [0.3, 0.4) is 0 Å². The number of rotatable bonds is 4. The van der Waals surface area contributed by atoms with Crippen molar-refractivity contribution in [3.63, 3.8) is 0 Å². The van der Waals surface area contributed by atoms with E-state index in [-0.39, 0.29) is 5.91 Å². The summed E-state index contributed by atoms with van der Waals surface area (Å²) in [5.74, 6) is 0.554. The van der Waals surface area contributed by atoms with Crippen molar-refractivity contribution in [2.45, 2.75) is 39.7 Å². The van der Waals surface area contributed by atoms with E-state index in [1.807, 2.05) is 24.0 Å². The third kappa shape index (κ3) is 3.57. The third-order valence-electron chi connectivity index (χ3n) is 3.96. The van der Waals surface area contributed by atoms with Crippen LogP contribution in [0.25, 0.3) is 0 Å². The fraction of sp³-hybridized carbons (Fsp3) is 0.625. The highest BCUT2D eigenvalue weighted by molar-refractivity contribution is 5.92. The Balaban J connectivity index is 1.97. The number of nitrogens with zero attached hydrogens (tertiary/aromatic N) is 2. The van der Waals surface area contributed by atoms with Crippen LogP contribution in [-0.4, -0.2) is 41.5 Å². The molecule has 1 aromatic heterocycles. The first-order valence-electron chi connectivity index (χ1n) is 7.58. The van der Waals surface area contributed by atoms with Crippen LogP contribution < -0.4 is 5.32 Å². The first-order chi connectivity index (χ1) is 9.61. The first-order valence-corrected chi connectivity index (χ1v) is 7.58. The molecule has 0 spiro atoms. The van der Waals surface area contributed by atoms with Crippen LogP contribution in [0.15, 0.2) is 18.2 Å². The lowest BCUT2D eigenvalue weighted by Crippen LogP contribution is -2.50. The standard InChI is InChI=1S/C16H25N3O/c1-4-9-17-14-8-10-19(11-12(14)2)16(20)15-7-5-6-13(3)18-15/h5-7,12,14,17H,4,8-11H2,1-3H3. The maximum Gasteiger partial charge on any atom is 0.272 e. The Bertz CT molecular complexity index is 461. The van der Waals surface area contributed by atoms with Gasteiger partial charge < -0.3 is 10.2 Å². The van der Waals surface area contributed by atoms with Gasteiger partial charge in [-0.05, 0) is 44.4 Å². The number of carbonyl (C=O) groups excluding carboxylic acids is 1. The number of nitrogens with one attached hydrogen (secondary N) is 1. The largest absolute Gasteiger partial charge is 0.337 e. The van der Waals surface area contributed by atoms with Crippen molar-refractivity contribution < 1.29 is 4.79 Å². The summed E-state index contributed by atoms with van der Waals surface area (Å²) >= 11 is 0. The zero-order valence-electron chi connectivity index (χ0n) is 12.7. The van der Waals surface area contributed by atoms with Gasteiger partial charge in [-0.3, -0.25) is 4.79 Å². The summed E-state index contributed by atoms with van der Waals surface area (Å²) in [7, 11) is 0. The van der Waals surface area contributed by atoms with Crippen LogP contribution in [0.1, 0.15) is 42.9 Å². The number of aromatic nitrogens is 1. The van der Waals surface area contributed by atoms with Gasteiger partial charge in [-0.1, -0.05) is 19.9 Å². The number of carbonyl (C=O) groups is 1. The van der Waals surface area contributed by atoms with Gasteiger partial charge in [-0.2, -0.15) is 0 Å². The molecule has 2 atom stereocenters. The molecule has 1 N–H and O–H groups in total. The lowest BCUT2D eigenvalue weighted by atomic mass is 9.93. The van der Waals surface area contributed by atoms with Crippen molar-refractivity contribution in [1.29, 1.82) is 0 Å². The van der Waals surface area contributed by atoms with Gasteiger partial charge in [0.25, 0.3) is 5.91 Å². The van der Waals surface area contributed by atoms with Crippen LogP contribution in [0.2, 0.25) is 0 Å². The highest BCUT2D eigenvalue weighted by Crippen LogP contribution is 2.18. The van der Waals surface area contributed by atoms with E-state index in [2.05, 4.69) is 24.1 Å². The van der Waals surface area contributed by atoms with Crippen molar-refractivity contribution in [2.75, 3.05) is 19.6 Å². The molecule has 2 rings (SSSR count). The molecule has 0 aliphatic carbocycles. The maximum absolute atomic E-state index is 12.5. The molecular weight excluding hydrogens is 250 g/mol. The predicted molar refractivity (Wildman–Crippen MR) is 80.7 cm³/mol. The quantitative estimate of drug-likeness (QED) is 0.916. The fourth-order valence-corrected chi connectivity index (χ4v) is 2.79. The highest BCUT2D eigenvalue weighted by Gasteiger charge is 2.29. The summed E-state index contributed by atoms with van der Waals surface area (Å²) in [6, 6.07) is 6.15. The number of hydrogen-bond acceptors (Lipinski definition) is 3. The third-order valence-corrected chi connectivity index (χ3v) is 3.96. The average Bonchev–Trinajstić information content (AvgIpc) is 2.45. The van der Waals surface area contributed by atoms with E-state index in [1.54, 1.807) is 6.07 Å². The molecular formula is C16H25N3O. The molecule has 4 nitrogen and oxygen atoms in total. The van der Waals surface area contributed by atoms with E-state index in [4.69, 9.17) is 0 Å². The Morgan fingerprint density at radius 3 is 2.95 bits per heavy atom. The highest BCUT2D eigenvalue weighted by atomic mass is 16.2. The van der Waals surface area contributed by atoms with Crippen LogP contribution >= 0.6 is 0 Å². The second-order valence-corrected chi connectivity index (χ2v) is 5.74. The number of hydrogen-bond donors (Lipinski definition) is 1. The average molecular weight is 275 g/mol. The van der Waals surface area contributed by atoms with Crippen molar-refractivity contribution in [3.05, 3.63) is 29.6 Å². The Morgan fingerprint density at radius 1 is 1.50 bits per heavy atom. The van der Waals surface area contributed by atoms with Crippen LogP contribution in [-0.2, 0) is 0 Å². The number of pyridine rings is 1. The SMILES string of the molecule is CCCNC1CCN(C(=O)c2cccc(C)n2)CC1C. The number of piperidine rings is 1. The molecule has 1 aromatic rings. The van der Waals surface area contributed by atoms with Crippen LogP contribution in [0, 0.1) is 12.8 Å². The van der Waals surface area contributed by atoms with E-state index in [1.165, 1.54) is 0 Å². The Kier molecular flexibility index (Phi) is 5.12. The molecule has 1 amide bonds. The van der Waals surface area contributed by atoms with Crippen molar-refractivity contribution in [2.24, 2.45) is 5.92 Å². The number of amides is 1. The summed E-state index contributed by atoms with van der Waals surface area (Å²) in [4.78, 5) is 18.7. The predicted octanol–water partition coefficient (Wildman–Crippen LogP) is 2.24. The summed E-state index contributed by atoms with van der Waals surface area (Å²) in [6.07, 6.45) is 2.18. The molecule has 0 bridgehead atoms. The maximum atomic E-state index is 12.5.